The minimum atomic E-state index is -0.927. The highest BCUT2D eigenvalue weighted by atomic mass is 19.1. The van der Waals surface area contributed by atoms with E-state index >= 15 is 0 Å². The fourth-order valence-corrected chi connectivity index (χ4v) is 7.47. The number of hydrogen-bond donors (Lipinski definition) is 1. The lowest BCUT2D eigenvalue weighted by Gasteiger charge is -2.41. The second kappa shape index (κ2) is 17.3. The number of para-hydroxylation sites is 2. The van der Waals surface area contributed by atoms with Gasteiger partial charge in [0.15, 0.2) is 5.79 Å². The number of aromatic nitrogens is 1. The number of esters is 1. The first-order chi connectivity index (χ1) is 26.7. The molecule has 1 aliphatic rings. The molecule has 4 aromatic carbocycles. The van der Waals surface area contributed by atoms with E-state index in [1.807, 2.05) is 120 Å². The SMILES string of the molecule is CC(C)c1c(C(=O)Nc2ccccc2OCc2ccccc2)c(-c2ccccc2)c(-c2ccc(F)cc2)n1CCC1CC(CC(=O)OC(C)(C)C)OC(C)(C)O1. The van der Waals surface area contributed by atoms with Crippen LogP contribution < -0.4 is 10.1 Å². The smallest absolute Gasteiger partial charge is 0.308 e. The molecule has 1 amide bonds. The molecular weight excluding hydrogens is 708 g/mol. The molecule has 1 aromatic heterocycles. The summed E-state index contributed by atoms with van der Waals surface area (Å²) in [5.74, 6) is -1.43. The first-order valence-electron chi connectivity index (χ1n) is 19.4. The number of benzene rings is 4. The number of nitrogens with one attached hydrogen (secondary N) is 1. The van der Waals surface area contributed by atoms with E-state index in [0.29, 0.717) is 43.0 Å². The first-order valence-corrected chi connectivity index (χ1v) is 19.4. The molecule has 294 valence electrons. The maximum absolute atomic E-state index is 14.9. The van der Waals surface area contributed by atoms with Crippen LogP contribution in [0.5, 0.6) is 5.75 Å². The van der Waals surface area contributed by atoms with Gasteiger partial charge in [-0.25, -0.2) is 4.39 Å². The van der Waals surface area contributed by atoms with Gasteiger partial charge in [-0.2, -0.15) is 0 Å². The lowest BCUT2D eigenvalue weighted by Crippen LogP contribution is -2.46. The summed E-state index contributed by atoms with van der Waals surface area (Å²) in [4.78, 5) is 27.8. The molecule has 2 heterocycles. The quantitative estimate of drug-likeness (QED) is 0.120. The average Bonchev–Trinajstić information content (AvgIpc) is 3.49. The van der Waals surface area contributed by atoms with Crippen LogP contribution in [0.1, 0.15) is 95.3 Å². The van der Waals surface area contributed by atoms with Gasteiger partial charge in [0, 0.05) is 24.2 Å². The lowest BCUT2D eigenvalue weighted by atomic mass is 9.94. The van der Waals surface area contributed by atoms with Gasteiger partial charge < -0.3 is 28.8 Å². The maximum atomic E-state index is 14.9. The zero-order valence-corrected chi connectivity index (χ0v) is 33.4. The number of nitrogens with zero attached hydrogens (tertiary/aromatic N) is 1. The van der Waals surface area contributed by atoms with Gasteiger partial charge in [-0.3, -0.25) is 9.59 Å². The van der Waals surface area contributed by atoms with Crippen molar-refractivity contribution < 1.29 is 32.9 Å². The Bertz CT molecular complexity index is 2100. The molecule has 0 bridgehead atoms. The van der Waals surface area contributed by atoms with Crippen LogP contribution in [0.15, 0.2) is 109 Å². The van der Waals surface area contributed by atoms with Crippen molar-refractivity contribution in [1.82, 2.24) is 4.57 Å². The Labute approximate surface area is 329 Å². The molecule has 0 spiro atoms. The van der Waals surface area contributed by atoms with Crippen LogP contribution in [-0.2, 0) is 32.2 Å². The molecule has 8 nitrogen and oxygen atoms in total. The summed E-state index contributed by atoms with van der Waals surface area (Å²) in [5.41, 5.74) is 5.49. The maximum Gasteiger partial charge on any atom is 0.308 e. The van der Waals surface area contributed by atoms with Gasteiger partial charge in [-0.05, 0) is 100 Å². The second-order valence-electron chi connectivity index (χ2n) is 16.1. The van der Waals surface area contributed by atoms with E-state index in [1.165, 1.54) is 12.1 Å². The van der Waals surface area contributed by atoms with Crippen molar-refractivity contribution in [2.24, 2.45) is 0 Å². The number of halogens is 1. The molecule has 9 heteroatoms. The Kier molecular flexibility index (Phi) is 12.5. The minimum absolute atomic E-state index is 0.0936. The normalized spacial score (nSPS) is 16.7. The number of amides is 1. The van der Waals surface area contributed by atoms with Gasteiger partial charge in [0.2, 0.25) is 0 Å². The predicted molar refractivity (Wildman–Crippen MR) is 218 cm³/mol. The van der Waals surface area contributed by atoms with Gasteiger partial charge in [0.25, 0.3) is 5.91 Å². The summed E-state index contributed by atoms with van der Waals surface area (Å²) >= 11 is 0. The number of ether oxygens (including phenoxy) is 4. The fourth-order valence-electron chi connectivity index (χ4n) is 7.47. The van der Waals surface area contributed by atoms with E-state index in [0.717, 1.165) is 33.6 Å². The minimum Gasteiger partial charge on any atom is -0.487 e. The number of anilines is 1. The van der Waals surface area contributed by atoms with Gasteiger partial charge in [0.05, 0.1) is 35.6 Å². The van der Waals surface area contributed by atoms with Crippen LogP contribution in [0, 0.1) is 5.82 Å². The number of carbonyl (C=O) groups is 2. The molecule has 1 fully saturated rings. The zero-order valence-electron chi connectivity index (χ0n) is 33.4. The number of carbonyl (C=O) groups excluding carboxylic acids is 2. The third-order valence-corrected chi connectivity index (χ3v) is 9.55. The van der Waals surface area contributed by atoms with Crippen molar-refractivity contribution in [2.75, 3.05) is 5.32 Å². The molecule has 1 saturated heterocycles. The van der Waals surface area contributed by atoms with Crippen LogP contribution in [0.3, 0.4) is 0 Å². The molecule has 56 heavy (non-hydrogen) atoms. The van der Waals surface area contributed by atoms with Crippen molar-refractivity contribution in [3.63, 3.8) is 0 Å². The average molecular weight is 761 g/mol. The molecule has 0 radical (unpaired) electrons. The molecular formula is C47H53FN2O6. The summed E-state index contributed by atoms with van der Waals surface area (Å²) in [5, 5.41) is 3.20. The lowest BCUT2D eigenvalue weighted by molar-refractivity contribution is -0.301. The Hall–Kier alpha value is -5.25. The van der Waals surface area contributed by atoms with Crippen molar-refractivity contribution in [3.05, 3.63) is 132 Å². The van der Waals surface area contributed by atoms with E-state index in [-0.39, 0.29) is 36.1 Å². The highest BCUT2D eigenvalue weighted by Gasteiger charge is 2.38. The van der Waals surface area contributed by atoms with Crippen LogP contribution in [-0.4, -0.2) is 40.0 Å². The fraction of sp³-hybridized carbons (Fsp3) is 0.362. The van der Waals surface area contributed by atoms with Crippen molar-refractivity contribution in [2.45, 2.75) is 110 Å². The summed E-state index contributed by atoms with van der Waals surface area (Å²) in [6.45, 7) is 14.2. The van der Waals surface area contributed by atoms with Gasteiger partial charge in [-0.15, -0.1) is 0 Å². The van der Waals surface area contributed by atoms with E-state index in [9.17, 15) is 14.0 Å². The third-order valence-electron chi connectivity index (χ3n) is 9.55. The van der Waals surface area contributed by atoms with Crippen molar-refractivity contribution in [1.29, 1.82) is 0 Å². The second-order valence-corrected chi connectivity index (χ2v) is 16.1. The van der Waals surface area contributed by atoms with E-state index in [4.69, 9.17) is 18.9 Å². The van der Waals surface area contributed by atoms with Gasteiger partial charge in [-0.1, -0.05) is 86.6 Å². The zero-order chi connectivity index (χ0) is 40.0. The standard InChI is InChI=1S/C47H53FN2O6/c1-31(2)43-42(45(52)49-38-20-14-15-21-39(38)53-30-32-16-10-8-11-17-32)41(33-18-12-9-13-19-33)44(34-22-24-35(48)25-23-34)50(43)27-26-36-28-37(55-47(6,7)54-36)29-40(51)56-46(3,4)5/h8-25,31,36-37H,26-30H2,1-7H3,(H,49,52). The largest absolute Gasteiger partial charge is 0.487 e. The Morgan fingerprint density at radius 1 is 0.857 bits per heavy atom. The van der Waals surface area contributed by atoms with Crippen molar-refractivity contribution >= 4 is 17.6 Å². The number of rotatable bonds is 13. The first kappa shape index (κ1) is 40.4. The summed E-state index contributed by atoms with van der Waals surface area (Å²) in [7, 11) is 0. The molecule has 6 rings (SSSR count). The molecule has 1 N–H and O–H groups in total. The monoisotopic (exact) mass is 760 g/mol. The molecule has 0 saturated carbocycles. The van der Waals surface area contributed by atoms with Crippen LogP contribution >= 0.6 is 0 Å². The predicted octanol–water partition coefficient (Wildman–Crippen LogP) is 10.9. The highest BCUT2D eigenvalue weighted by Crippen LogP contribution is 2.43. The Balaban J connectivity index is 1.41. The Morgan fingerprint density at radius 3 is 2.14 bits per heavy atom. The summed E-state index contributed by atoms with van der Waals surface area (Å²) in [6.07, 6.45) is 0.508. The summed E-state index contributed by atoms with van der Waals surface area (Å²) < 4.78 is 41.2. The van der Waals surface area contributed by atoms with Crippen molar-refractivity contribution in [3.8, 4) is 28.1 Å². The third kappa shape index (κ3) is 10.1. The van der Waals surface area contributed by atoms with Crippen LogP contribution in [0.4, 0.5) is 10.1 Å². The van der Waals surface area contributed by atoms with Gasteiger partial charge >= 0.3 is 5.97 Å². The van der Waals surface area contributed by atoms with E-state index in [1.54, 1.807) is 12.1 Å². The molecule has 2 unspecified atom stereocenters. The summed E-state index contributed by atoms with van der Waals surface area (Å²) in [6, 6.07) is 33.6. The topological polar surface area (TPSA) is 88.0 Å². The number of hydrogen-bond acceptors (Lipinski definition) is 6. The molecule has 5 aromatic rings. The highest BCUT2D eigenvalue weighted by molar-refractivity contribution is 6.13. The molecule has 1 aliphatic heterocycles. The van der Waals surface area contributed by atoms with Crippen LogP contribution in [0.2, 0.25) is 0 Å². The van der Waals surface area contributed by atoms with Gasteiger partial charge in [0.1, 0.15) is 23.8 Å². The molecule has 0 aliphatic carbocycles. The molecule has 2 atom stereocenters. The van der Waals surface area contributed by atoms with E-state index in [2.05, 4.69) is 23.7 Å². The van der Waals surface area contributed by atoms with Crippen LogP contribution in [0.25, 0.3) is 22.4 Å². The Morgan fingerprint density at radius 2 is 1.48 bits per heavy atom. The van der Waals surface area contributed by atoms with E-state index < -0.39 is 17.5 Å².